The molecule has 2 amide bonds. The number of nitrogens with zero attached hydrogens (tertiary/aromatic N) is 3. The van der Waals surface area contributed by atoms with E-state index in [1.54, 1.807) is 11.9 Å². The van der Waals surface area contributed by atoms with E-state index in [1.807, 2.05) is 61.8 Å². The van der Waals surface area contributed by atoms with Crippen LogP contribution in [-0.4, -0.2) is 39.9 Å². The Kier molecular flexibility index (Phi) is 5.34. The molecule has 1 N–H and O–H groups in total. The predicted octanol–water partition coefficient (Wildman–Crippen LogP) is 3.07. The average Bonchev–Trinajstić information content (AvgIpc) is 3.27. The number of hydrogen-bond acceptors (Lipinski definition) is 3. The second-order valence-corrected chi connectivity index (χ2v) is 7.74. The van der Waals surface area contributed by atoms with Gasteiger partial charge in [0.05, 0.1) is 29.3 Å². The predicted molar refractivity (Wildman–Crippen MR) is 112 cm³/mol. The molecule has 29 heavy (non-hydrogen) atoms. The Morgan fingerprint density at radius 2 is 1.93 bits per heavy atom. The maximum Gasteiger partial charge on any atom is 0.226 e. The zero-order chi connectivity index (χ0) is 20.4. The van der Waals surface area contributed by atoms with Crippen LogP contribution in [0.5, 0.6) is 0 Å². The Hall–Kier alpha value is -3.15. The zero-order valence-corrected chi connectivity index (χ0v) is 16.8. The second kappa shape index (κ2) is 8.07. The van der Waals surface area contributed by atoms with Crippen molar-refractivity contribution < 1.29 is 9.59 Å². The van der Waals surface area contributed by atoms with Gasteiger partial charge in [0.2, 0.25) is 11.8 Å². The summed E-state index contributed by atoms with van der Waals surface area (Å²) in [5.74, 6) is -0.395. The van der Waals surface area contributed by atoms with Gasteiger partial charge in [-0.25, -0.2) is 4.98 Å². The summed E-state index contributed by atoms with van der Waals surface area (Å²) in [7, 11) is 1.78. The van der Waals surface area contributed by atoms with Gasteiger partial charge in [0, 0.05) is 26.6 Å². The molecule has 0 aliphatic carbocycles. The lowest BCUT2D eigenvalue weighted by molar-refractivity contribution is -0.128. The van der Waals surface area contributed by atoms with Crippen molar-refractivity contribution in [2.75, 3.05) is 13.6 Å². The van der Waals surface area contributed by atoms with Gasteiger partial charge >= 0.3 is 0 Å². The number of para-hydroxylation sites is 2. The molecule has 6 nitrogen and oxygen atoms in total. The van der Waals surface area contributed by atoms with E-state index in [1.165, 1.54) is 0 Å². The van der Waals surface area contributed by atoms with Gasteiger partial charge in [-0.1, -0.05) is 42.0 Å². The molecule has 1 fully saturated rings. The lowest BCUT2D eigenvalue weighted by atomic mass is 9.92. The number of carbonyl (C=O) groups excluding carboxylic acids is 2. The zero-order valence-electron chi connectivity index (χ0n) is 16.8. The van der Waals surface area contributed by atoms with Crippen LogP contribution in [0.15, 0.2) is 54.9 Å². The smallest absolute Gasteiger partial charge is 0.226 e. The van der Waals surface area contributed by atoms with Crippen LogP contribution in [0.3, 0.4) is 0 Å². The molecular formula is C23H26N4O2. The Balaban J connectivity index is 1.36. The molecule has 0 unspecified atom stereocenters. The van der Waals surface area contributed by atoms with Crippen molar-refractivity contribution in [3.63, 3.8) is 0 Å². The van der Waals surface area contributed by atoms with E-state index in [2.05, 4.69) is 14.9 Å². The lowest BCUT2D eigenvalue weighted by Crippen LogP contribution is -2.35. The van der Waals surface area contributed by atoms with Gasteiger partial charge in [-0.05, 0) is 31.0 Å². The van der Waals surface area contributed by atoms with Crippen molar-refractivity contribution in [3.8, 4) is 0 Å². The summed E-state index contributed by atoms with van der Waals surface area (Å²) >= 11 is 0. The van der Waals surface area contributed by atoms with E-state index in [-0.39, 0.29) is 30.2 Å². The van der Waals surface area contributed by atoms with Crippen LogP contribution in [0.1, 0.15) is 30.0 Å². The highest BCUT2D eigenvalue weighted by Gasteiger charge is 2.42. The Morgan fingerprint density at radius 3 is 2.72 bits per heavy atom. The summed E-state index contributed by atoms with van der Waals surface area (Å²) in [5, 5.41) is 3.04. The number of amides is 2. The average molecular weight is 390 g/mol. The first-order valence-corrected chi connectivity index (χ1v) is 10.0. The van der Waals surface area contributed by atoms with Crippen LogP contribution in [-0.2, 0) is 16.1 Å². The Bertz CT molecular complexity index is 1020. The van der Waals surface area contributed by atoms with Gasteiger partial charge in [0.15, 0.2) is 0 Å². The number of carbonyl (C=O) groups is 2. The van der Waals surface area contributed by atoms with E-state index in [4.69, 9.17) is 0 Å². The molecule has 2 atom stereocenters. The van der Waals surface area contributed by atoms with Crippen LogP contribution in [0.2, 0.25) is 0 Å². The van der Waals surface area contributed by atoms with E-state index >= 15 is 0 Å². The fraction of sp³-hybridized carbons (Fsp3) is 0.348. The molecule has 0 bridgehead atoms. The fourth-order valence-corrected chi connectivity index (χ4v) is 4.10. The van der Waals surface area contributed by atoms with Gasteiger partial charge in [-0.15, -0.1) is 0 Å². The summed E-state index contributed by atoms with van der Waals surface area (Å²) in [5.41, 5.74) is 4.24. The highest BCUT2D eigenvalue weighted by Crippen LogP contribution is 2.37. The SMILES string of the molecule is Cc1ccc([C@@H]2[C@@H](C(=O)NCCCn3cnc4ccccc43)CC(=O)N2C)cc1. The van der Waals surface area contributed by atoms with E-state index in [0.29, 0.717) is 6.54 Å². The maximum atomic E-state index is 12.9. The summed E-state index contributed by atoms with van der Waals surface area (Å²) in [6.07, 6.45) is 2.90. The molecule has 0 radical (unpaired) electrons. The molecule has 1 aromatic heterocycles. The first-order chi connectivity index (χ1) is 14.0. The van der Waals surface area contributed by atoms with Gasteiger partial charge in [0.25, 0.3) is 0 Å². The second-order valence-electron chi connectivity index (χ2n) is 7.74. The van der Waals surface area contributed by atoms with E-state index in [0.717, 1.165) is 35.1 Å². The van der Waals surface area contributed by atoms with Crippen LogP contribution < -0.4 is 5.32 Å². The summed E-state index contributed by atoms with van der Waals surface area (Å²) < 4.78 is 2.10. The van der Waals surface area contributed by atoms with Crippen molar-refractivity contribution >= 4 is 22.8 Å². The molecule has 1 aliphatic heterocycles. The topological polar surface area (TPSA) is 67.2 Å². The van der Waals surface area contributed by atoms with Crippen LogP contribution in [0.25, 0.3) is 11.0 Å². The molecule has 0 saturated carbocycles. The molecule has 150 valence electrons. The molecule has 1 saturated heterocycles. The van der Waals surface area contributed by atoms with Gasteiger partial charge in [-0.3, -0.25) is 9.59 Å². The summed E-state index contributed by atoms with van der Waals surface area (Å²) in [6.45, 7) is 3.38. The molecule has 1 aliphatic rings. The number of aromatic nitrogens is 2. The quantitative estimate of drug-likeness (QED) is 0.658. The number of nitrogens with one attached hydrogen (secondary N) is 1. The van der Waals surface area contributed by atoms with Gasteiger partial charge in [0.1, 0.15) is 0 Å². The number of likely N-dealkylation sites (tertiary alicyclic amines) is 1. The maximum absolute atomic E-state index is 12.9. The van der Waals surface area contributed by atoms with Crippen molar-refractivity contribution in [1.82, 2.24) is 19.8 Å². The first kappa shape index (κ1) is 19.2. The van der Waals surface area contributed by atoms with Crippen LogP contribution in [0.4, 0.5) is 0 Å². The van der Waals surface area contributed by atoms with Crippen LogP contribution in [0, 0.1) is 12.8 Å². The molecule has 6 heteroatoms. The third-order valence-corrected chi connectivity index (χ3v) is 5.74. The number of hydrogen-bond donors (Lipinski definition) is 1. The third-order valence-electron chi connectivity index (χ3n) is 5.74. The minimum Gasteiger partial charge on any atom is -0.356 e. The number of imidazole rings is 1. The van der Waals surface area contributed by atoms with Crippen molar-refractivity contribution in [3.05, 3.63) is 66.0 Å². The van der Waals surface area contributed by atoms with Crippen molar-refractivity contribution in [2.24, 2.45) is 5.92 Å². The van der Waals surface area contributed by atoms with Gasteiger partial charge in [-0.2, -0.15) is 0 Å². The highest BCUT2D eigenvalue weighted by molar-refractivity contribution is 5.90. The largest absolute Gasteiger partial charge is 0.356 e. The van der Waals surface area contributed by atoms with Crippen LogP contribution >= 0.6 is 0 Å². The lowest BCUT2D eigenvalue weighted by Gasteiger charge is -2.25. The molecule has 3 aromatic rings. The fourth-order valence-electron chi connectivity index (χ4n) is 4.10. The molecule has 2 heterocycles. The molecule has 0 spiro atoms. The number of benzene rings is 2. The Labute approximate surface area is 170 Å². The normalized spacial score (nSPS) is 19.1. The van der Waals surface area contributed by atoms with Gasteiger partial charge < -0.3 is 14.8 Å². The highest BCUT2D eigenvalue weighted by atomic mass is 16.2. The minimum absolute atomic E-state index is 0.0145. The third kappa shape index (κ3) is 3.88. The first-order valence-electron chi connectivity index (χ1n) is 10.0. The molecule has 4 rings (SSSR count). The van der Waals surface area contributed by atoms with Crippen molar-refractivity contribution in [1.29, 1.82) is 0 Å². The number of rotatable bonds is 6. The summed E-state index contributed by atoms with van der Waals surface area (Å²) in [4.78, 5) is 31.2. The summed E-state index contributed by atoms with van der Waals surface area (Å²) in [6, 6.07) is 15.9. The molecule has 2 aromatic carbocycles. The minimum atomic E-state index is -0.357. The number of aryl methyl sites for hydroxylation is 2. The number of fused-ring (bicyclic) bond motifs is 1. The standard InChI is InChI=1S/C23H26N4O2/c1-16-8-10-17(11-9-16)22-18(14-21(28)26(22)2)23(29)24-12-5-13-27-15-25-19-6-3-4-7-20(19)27/h3-4,6-11,15,18,22H,5,12-14H2,1-2H3,(H,24,29)/t18-,22+/m0/s1. The Morgan fingerprint density at radius 1 is 1.17 bits per heavy atom. The molecular weight excluding hydrogens is 364 g/mol. The van der Waals surface area contributed by atoms with E-state index < -0.39 is 0 Å². The van der Waals surface area contributed by atoms with E-state index in [9.17, 15) is 9.59 Å². The van der Waals surface area contributed by atoms with Crippen molar-refractivity contribution in [2.45, 2.75) is 32.4 Å². The monoisotopic (exact) mass is 390 g/mol.